The Hall–Kier alpha value is -2.29. The van der Waals surface area contributed by atoms with Crippen molar-refractivity contribution in [2.24, 2.45) is 7.05 Å². The fourth-order valence-corrected chi connectivity index (χ4v) is 2.03. The molecule has 20 heavy (non-hydrogen) atoms. The smallest absolute Gasteiger partial charge is 0.305 e. The van der Waals surface area contributed by atoms with E-state index in [4.69, 9.17) is 4.42 Å². The van der Waals surface area contributed by atoms with E-state index in [0.29, 0.717) is 5.16 Å². The van der Waals surface area contributed by atoms with Gasteiger partial charge < -0.3 is 8.98 Å². The summed E-state index contributed by atoms with van der Waals surface area (Å²) in [7, 11) is 1.81. The SMILES string of the molecule is Cc1nnc(SCC(=O)NNC(=O)c2ccco2)n1C. The predicted molar refractivity (Wildman–Crippen MR) is 70.8 cm³/mol. The molecule has 2 amide bonds. The summed E-state index contributed by atoms with van der Waals surface area (Å²) in [4.78, 5) is 23.1. The lowest BCUT2D eigenvalue weighted by molar-refractivity contribution is -0.119. The number of carbonyl (C=O) groups is 2. The van der Waals surface area contributed by atoms with Gasteiger partial charge in [-0.05, 0) is 19.1 Å². The second kappa shape index (κ2) is 6.24. The normalized spacial score (nSPS) is 10.3. The van der Waals surface area contributed by atoms with E-state index in [-0.39, 0.29) is 17.4 Å². The lowest BCUT2D eigenvalue weighted by Gasteiger charge is -2.05. The third kappa shape index (κ3) is 3.38. The van der Waals surface area contributed by atoms with E-state index in [1.807, 2.05) is 14.0 Å². The molecule has 0 saturated carbocycles. The van der Waals surface area contributed by atoms with Crippen LogP contribution in [0.25, 0.3) is 0 Å². The van der Waals surface area contributed by atoms with Gasteiger partial charge in [0.15, 0.2) is 10.9 Å². The summed E-state index contributed by atoms with van der Waals surface area (Å²) in [6.45, 7) is 1.82. The molecule has 9 heteroatoms. The Morgan fingerprint density at radius 3 is 2.80 bits per heavy atom. The molecule has 106 valence electrons. The number of hydrogen-bond acceptors (Lipinski definition) is 6. The molecule has 2 rings (SSSR count). The Bertz CT molecular complexity index is 608. The van der Waals surface area contributed by atoms with Crippen LogP contribution in [-0.4, -0.2) is 32.3 Å². The molecule has 8 nitrogen and oxygen atoms in total. The van der Waals surface area contributed by atoms with Crippen LogP contribution < -0.4 is 10.9 Å². The maximum atomic E-state index is 11.6. The van der Waals surface area contributed by atoms with Crippen molar-refractivity contribution < 1.29 is 14.0 Å². The van der Waals surface area contributed by atoms with E-state index in [9.17, 15) is 9.59 Å². The van der Waals surface area contributed by atoms with E-state index in [0.717, 1.165) is 5.82 Å². The summed E-state index contributed by atoms with van der Waals surface area (Å²) in [6.07, 6.45) is 1.38. The topological polar surface area (TPSA) is 102 Å². The van der Waals surface area contributed by atoms with Crippen molar-refractivity contribution in [3.05, 3.63) is 30.0 Å². The van der Waals surface area contributed by atoms with E-state index < -0.39 is 5.91 Å². The number of nitrogens with one attached hydrogen (secondary N) is 2. The number of hydrazine groups is 1. The van der Waals surface area contributed by atoms with Crippen molar-refractivity contribution in [1.29, 1.82) is 0 Å². The third-order valence-electron chi connectivity index (χ3n) is 2.45. The van der Waals surface area contributed by atoms with Crippen LogP contribution in [0.1, 0.15) is 16.4 Å². The molecule has 0 fully saturated rings. The Labute approximate surface area is 118 Å². The van der Waals surface area contributed by atoms with Crippen molar-refractivity contribution in [3.63, 3.8) is 0 Å². The van der Waals surface area contributed by atoms with Crippen LogP contribution in [0.3, 0.4) is 0 Å². The van der Waals surface area contributed by atoms with Gasteiger partial charge >= 0.3 is 5.91 Å². The number of amides is 2. The average molecular weight is 295 g/mol. The van der Waals surface area contributed by atoms with Gasteiger partial charge in [-0.2, -0.15) is 0 Å². The highest BCUT2D eigenvalue weighted by molar-refractivity contribution is 7.99. The number of nitrogens with zero attached hydrogens (tertiary/aromatic N) is 3. The summed E-state index contributed by atoms with van der Waals surface area (Å²) in [6, 6.07) is 3.08. The van der Waals surface area contributed by atoms with Crippen LogP contribution in [0, 0.1) is 6.92 Å². The largest absolute Gasteiger partial charge is 0.459 e. The molecule has 0 bridgehead atoms. The van der Waals surface area contributed by atoms with E-state index in [1.54, 1.807) is 10.6 Å². The molecule has 2 heterocycles. The van der Waals surface area contributed by atoms with Crippen LogP contribution >= 0.6 is 11.8 Å². The molecule has 0 saturated heterocycles. The maximum absolute atomic E-state index is 11.6. The molecule has 0 aromatic carbocycles. The number of hydrogen-bond donors (Lipinski definition) is 2. The number of furan rings is 1. The van der Waals surface area contributed by atoms with Gasteiger partial charge in [-0.15, -0.1) is 10.2 Å². The molecule has 2 N–H and O–H groups in total. The molecule has 0 aliphatic carbocycles. The zero-order valence-electron chi connectivity index (χ0n) is 10.9. The van der Waals surface area contributed by atoms with Gasteiger partial charge in [-0.3, -0.25) is 20.4 Å². The molecule has 0 aliphatic heterocycles. The van der Waals surface area contributed by atoms with Crippen LogP contribution in [-0.2, 0) is 11.8 Å². The first-order valence-electron chi connectivity index (χ1n) is 5.69. The standard InChI is InChI=1S/C11H13N5O3S/c1-7-12-15-11(16(7)2)20-6-9(17)13-14-10(18)8-4-3-5-19-8/h3-5H,6H2,1-2H3,(H,13,17)(H,14,18). The number of aryl methyl sites for hydroxylation is 1. The molecule has 0 aliphatic rings. The molecular formula is C11H13N5O3S. The first-order chi connectivity index (χ1) is 9.58. The highest BCUT2D eigenvalue weighted by Gasteiger charge is 2.11. The molecular weight excluding hydrogens is 282 g/mol. The van der Waals surface area contributed by atoms with Gasteiger partial charge in [0.25, 0.3) is 0 Å². The number of aromatic nitrogens is 3. The Morgan fingerprint density at radius 1 is 1.40 bits per heavy atom. The summed E-state index contributed by atoms with van der Waals surface area (Å²) in [5.74, 6) is 0.143. The summed E-state index contributed by atoms with van der Waals surface area (Å²) >= 11 is 1.23. The fourth-order valence-electron chi connectivity index (χ4n) is 1.28. The van der Waals surface area contributed by atoms with Crippen LogP contribution in [0.4, 0.5) is 0 Å². The van der Waals surface area contributed by atoms with Gasteiger partial charge in [-0.1, -0.05) is 11.8 Å². The van der Waals surface area contributed by atoms with Crippen molar-refractivity contribution >= 4 is 23.6 Å². The van der Waals surface area contributed by atoms with Gasteiger partial charge in [-0.25, -0.2) is 0 Å². The molecule has 0 unspecified atom stereocenters. The minimum Gasteiger partial charge on any atom is -0.459 e. The van der Waals surface area contributed by atoms with Crippen molar-refractivity contribution in [2.75, 3.05) is 5.75 Å². The van der Waals surface area contributed by atoms with Gasteiger partial charge in [0, 0.05) is 7.05 Å². The van der Waals surface area contributed by atoms with Gasteiger partial charge in [0.2, 0.25) is 5.91 Å². The minimum absolute atomic E-state index is 0.115. The molecule has 0 spiro atoms. The van der Waals surface area contributed by atoms with Crippen molar-refractivity contribution in [3.8, 4) is 0 Å². The predicted octanol–water partition coefficient (Wildman–Crippen LogP) is 0.270. The van der Waals surface area contributed by atoms with Crippen LogP contribution in [0.2, 0.25) is 0 Å². The fraction of sp³-hybridized carbons (Fsp3) is 0.273. The van der Waals surface area contributed by atoms with Crippen molar-refractivity contribution in [2.45, 2.75) is 12.1 Å². The third-order valence-corrected chi connectivity index (χ3v) is 3.47. The van der Waals surface area contributed by atoms with Crippen LogP contribution in [0.15, 0.2) is 28.0 Å². The summed E-state index contributed by atoms with van der Waals surface area (Å²) < 4.78 is 6.66. The van der Waals surface area contributed by atoms with Crippen molar-refractivity contribution in [1.82, 2.24) is 25.6 Å². The summed E-state index contributed by atoms with van der Waals surface area (Å²) in [5.41, 5.74) is 4.54. The van der Waals surface area contributed by atoms with E-state index in [1.165, 1.54) is 24.1 Å². The number of thioether (sulfide) groups is 1. The van der Waals surface area contributed by atoms with E-state index in [2.05, 4.69) is 21.0 Å². The van der Waals surface area contributed by atoms with Gasteiger partial charge in [0.05, 0.1) is 12.0 Å². The van der Waals surface area contributed by atoms with Gasteiger partial charge in [0.1, 0.15) is 5.82 Å². The summed E-state index contributed by atoms with van der Waals surface area (Å²) in [5, 5.41) is 8.43. The molecule has 0 radical (unpaired) electrons. The Kier molecular flexibility index (Phi) is 4.41. The number of carbonyl (C=O) groups excluding carboxylic acids is 2. The van der Waals surface area contributed by atoms with Crippen LogP contribution in [0.5, 0.6) is 0 Å². The lowest BCUT2D eigenvalue weighted by Crippen LogP contribution is -2.42. The quantitative estimate of drug-likeness (QED) is 0.620. The monoisotopic (exact) mass is 295 g/mol. The second-order valence-electron chi connectivity index (χ2n) is 3.86. The Morgan fingerprint density at radius 2 is 2.20 bits per heavy atom. The number of rotatable bonds is 4. The molecule has 2 aromatic rings. The highest BCUT2D eigenvalue weighted by Crippen LogP contribution is 2.14. The maximum Gasteiger partial charge on any atom is 0.305 e. The zero-order valence-corrected chi connectivity index (χ0v) is 11.7. The first-order valence-corrected chi connectivity index (χ1v) is 6.68. The second-order valence-corrected chi connectivity index (χ2v) is 4.80. The zero-order chi connectivity index (χ0) is 14.5. The molecule has 2 aromatic heterocycles. The minimum atomic E-state index is -0.511. The average Bonchev–Trinajstić information content (AvgIpc) is 3.06. The lowest BCUT2D eigenvalue weighted by atomic mass is 10.4. The highest BCUT2D eigenvalue weighted by atomic mass is 32.2. The Balaban J connectivity index is 1.76. The molecule has 0 atom stereocenters. The first kappa shape index (κ1) is 14.1. The van der Waals surface area contributed by atoms with E-state index >= 15 is 0 Å².